The predicted octanol–water partition coefficient (Wildman–Crippen LogP) is 3.52. The summed E-state index contributed by atoms with van der Waals surface area (Å²) in [6, 6.07) is 12.4. The fourth-order valence-electron chi connectivity index (χ4n) is 3.78. The maximum Gasteiger partial charge on any atom is 0.244 e. The van der Waals surface area contributed by atoms with Gasteiger partial charge in [0.25, 0.3) is 0 Å². The largest absolute Gasteiger partial charge is 0.348 e. The van der Waals surface area contributed by atoms with Crippen LogP contribution in [-0.4, -0.2) is 26.6 Å². The zero-order valence-corrected chi connectivity index (χ0v) is 17.7. The lowest BCUT2D eigenvalue weighted by Crippen LogP contribution is -2.48. The van der Waals surface area contributed by atoms with Gasteiger partial charge < -0.3 is 5.32 Å². The van der Waals surface area contributed by atoms with E-state index in [0.717, 1.165) is 30.2 Å². The topological polar surface area (TPSA) is 66.5 Å². The van der Waals surface area contributed by atoms with E-state index in [1.165, 1.54) is 21.9 Å². The minimum absolute atomic E-state index is 0.194. The van der Waals surface area contributed by atoms with E-state index < -0.39 is 16.1 Å². The van der Waals surface area contributed by atoms with Gasteiger partial charge in [0, 0.05) is 0 Å². The number of carbonyl (C=O) groups is 1. The lowest BCUT2D eigenvalue weighted by molar-refractivity contribution is -0.122. The molecule has 2 atom stereocenters. The molecule has 0 bridgehead atoms. The minimum Gasteiger partial charge on any atom is -0.348 e. The summed E-state index contributed by atoms with van der Waals surface area (Å²) >= 11 is 0. The highest BCUT2D eigenvalue weighted by molar-refractivity contribution is 7.92. The molecule has 0 aliphatic heterocycles. The molecule has 1 amide bonds. The summed E-state index contributed by atoms with van der Waals surface area (Å²) in [5, 5.41) is 2.98. The predicted molar refractivity (Wildman–Crippen MR) is 113 cm³/mol. The van der Waals surface area contributed by atoms with E-state index in [1.54, 1.807) is 19.1 Å². The van der Waals surface area contributed by atoms with Crippen molar-refractivity contribution in [2.75, 3.05) is 10.6 Å². The monoisotopic (exact) mass is 400 g/mol. The number of aryl methyl sites for hydroxylation is 3. The Balaban J connectivity index is 1.78. The number of nitrogens with one attached hydrogen (secondary N) is 1. The Morgan fingerprint density at radius 3 is 2.32 bits per heavy atom. The zero-order chi connectivity index (χ0) is 20.5. The van der Waals surface area contributed by atoms with Crippen LogP contribution in [0.4, 0.5) is 5.69 Å². The molecule has 0 unspecified atom stereocenters. The number of sulfonamides is 1. The molecule has 6 heteroatoms. The number of fused-ring (bicyclic) bond motifs is 1. The first-order valence-electron chi connectivity index (χ1n) is 9.65. The fourth-order valence-corrected chi connectivity index (χ4v) is 4.95. The molecule has 1 aliphatic carbocycles. The number of rotatable bonds is 6. The molecule has 0 saturated carbocycles. The Labute approximate surface area is 167 Å². The number of amides is 1. The highest BCUT2D eigenvalue weighted by Gasteiger charge is 2.30. The van der Waals surface area contributed by atoms with Crippen LogP contribution >= 0.6 is 0 Å². The summed E-state index contributed by atoms with van der Waals surface area (Å²) in [6.07, 6.45) is 4.50. The van der Waals surface area contributed by atoms with Crippen molar-refractivity contribution in [3.05, 3.63) is 64.7 Å². The highest BCUT2D eigenvalue weighted by Crippen LogP contribution is 2.26. The van der Waals surface area contributed by atoms with Crippen LogP contribution in [0.1, 0.15) is 48.6 Å². The Hall–Kier alpha value is -2.34. The molecule has 0 spiro atoms. The molecule has 0 aromatic heterocycles. The number of hydrogen-bond donors (Lipinski definition) is 1. The van der Waals surface area contributed by atoms with Crippen LogP contribution < -0.4 is 9.62 Å². The molecule has 0 saturated heterocycles. The van der Waals surface area contributed by atoms with Gasteiger partial charge in [0.2, 0.25) is 15.9 Å². The number of benzene rings is 2. The first kappa shape index (κ1) is 20.4. The third-order valence-electron chi connectivity index (χ3n) is 5.36. The fraction of sp³-hybridized carbons (Fsp3) is 0.409. The quantitative estimate of drug-likeness (QED) is 0.807. The second-order valence-corrected chi connectivity index (χ2v) is 9.54. The smallest absolute Gasteiger partial charge is 0.244 e. The Morgan fingerprint density at radius 1 is 1.04 bits per heavy atom. The van der Waals surface area contributed by atoms with E-state index in [4.69, 9.17) is 0 Å². The Kier molecular flexibility index (Phi) is 5.79. The van der Waals surface area contributed by atoms with Crippen molar-refractivity contribution in [2.24, 2.45) is 0 Å². The molecule has 150 valence electrons. The van der Waals surface area contributed by atoms with Gasteiger partial charge in [0.1, 0.15) is 6.04 Å². The third kappa shape index (κ3) is 4.38. The summed E-state index contributed by atoms with van der Waals surface area (Å²) in [6.45, 7) is 5.48. The molecule has 5 nitrogen and oxygen atoms in total. The summed E-state index contributed by atoms with van der Waals surface area (Å²) in [7, 11) is -3.61. The lowest BCUT2D eigenvalue weighted by Gasteiger charge is -2.29. The van der Waals surface area contributed by atoms with Crippen molar-refractivity contribution in [1.82, 2.24) is 5.32 Å². The molecule has 28 heavy (non-hydrogen) atoms. The molecule has 2 aromatic carbocycles. The van der Waals surface area contributed by atoms with Crippen LogP contribution in [0, 0.1) is 6.92 Å². The van der Waals surface area contributed by atoms with E-state index in [0.29, 0.717) is 5.69 Å². The average molecular weight is 401 g/mol. The molecular weight excluding hydrogens is 372 g/mol. The maximum absolute atomic E-state index is 12.9. The molecule has 0 heterocycles. The zero-order valence-electron chi connectivity index (χ0n) is 16.9. The number of anilines is 1. The van der Waals surface area contributed by atoms with Crippen molar-refractivity contribution in [1.29, 1.82) is 0 Å². The highest BCUT2D eigenvalue weighted by atomic mass is 32.2. The molecule has 1 aliphatic rings. The summed E-state index contributed by atoms with van der Waals surface area (Å²) in [4.78, 5) is 12.9. The number of hydrogen-bond acceptors (Lipinski definition) is 3. The Bertz CT molecular complexity index is 968. The van der Waals surface area contributed by atoms with Crippen molar-refractivity contribution in [3.63, 3.8) is 0 Å². The van der Waals surface area contributed by atoms with E-state index in [2.05, 4.69) is 17.4 Å². The van der Waals surface area contributed by atoms with E-state index in [1.807, 2.05) is 32.0 Å². The Morgan fingerprint density at radius 2 is 1.68 bits per heavy atom. The van der Waals surface area contributed by atoms with Gasteiger partial charge in [0.15, 0.2) is 0 Å². The number of nitrogens with zero attached hydrogens (tertiary/aromatic N) is 1. The van der Waals surface area contributed by atoms with Crippen LogP contribution in [0.25, 0.3) is 0 Å². The molecule has 0 fully saturated rings. The molecule has 0 radical (unpaired) electrons. The molecule has 3 rings (SSSR count). The van der Waals surface area contributed by atoms with Crippen molar-refractivity contribution < 1.29 is 13.2 Å². The third-order valence-corrected chi connectivity index (χ3v) is 6.60. The maximum atomic E-state index is 12.9. The van der Waals surface area contributed by atoms with Crippen LogP contribution in [-0.2, 0) is 27.7 Å². The van der Waals surface area contributed by atoms with Gasteiger partial charge in [-0.3, -0.25) is 9.10 Å². The normalized spacial score (nSPS) is 15.6. The first-order chi connectivity index (χ1) is 13.2. The van der Waals surface area contributed by atoms with Gasteiger partial charge in [-0.2, -0.15) is 0 Å². The van der Waals surface area contributed by atoms with E-state index in [9.17, 15) is 13.2 Å². The van der Waals surface area contributed by atoms with Crippen LogP contribution in [0.2, 0.25) is 0 Å². The SMILES string of the molecule is Cc1ccc(N([C@H](C)C(=O)N[C@@H](C)c2ccc3c(c2)CCC3)S(C)(=O)=O)cc1. The van der Waals surface area contributed by atoms with Gasteiger partial charge in [-0.25, -0.2) is 8.42 Å². The van der Waals surface area contributed by atoms with Crippen LogP contribution in [0.3, 0.4) is 0 Å². The number of carbonyl (C=O) groups excluding carboxylic acids is 1. The second-order valence-electron chi connectivity index (χ2n) is 7.68. The lowest BCUT2D eigenvalue weighted by atomic mass is 10.0. The van der Waals surface area contributed by atoms with Crippen molar-refractivity contribution in [2.45, 2.75) is 52.1 Å². The summed E-state index contributed by atoms with van der Waals surface area (Å²) < 4.78 is 26.0. The molecule has 2 aromatic rings. The van der Waals surface area contributed by atoms with Gasteiger partial charge >= 0.3 is 0 Å². The van der Waals surface area contributed by atoms with Crippen molar-refractivity contribution in [3.8, 4) is 0 Å². The van der Waals surface area contributed by atoms with Gasteiger partial charge in [-0.15, -0.1) is 0 Å². The average Bonchev–Trinajstić information content (AvgIpc) is 3.10. The van der Waals surface area contributed by atoms with Gasteiger partial charge in [0.05, 0.1) is 18.0 Å². The van der Waals surface area contributed by atoms with E-state index >= 15 is 0 Å². The van der Waals surface area contributed by atoms with Crippen molar-refractivity contribution >= 4 is 21.6 Å². The van der Waals surface area contributed by atoms with E-state index in [-0.39, 0.29) is 11.9 Å². The first-order valence-corrected chi connectivity index (χ1v) is 11.5. The van der Waals surface area contributed by atoms with Crippen LogP contribution in [0.5, 0.6) is 0 Å². The standard InChI is InChI=1S/C22H28N2O3S/c1-15-8-12-21(13-9-15)24(28(4,26)27)17(3)22(25)23-16(2)19-11-10-18-6-5-7-20(18)14-19/h8-14,16-17H,5-7H2,1-4H3,(H,23,25)/t16-,17+/m0/s1. The minimum atomic E-state index is -3.61. The van der Waals surface area contributed by atoms with Gasteiger partial charge in [-0.05, 0) is 68.9 Å². The second kappa shape index (κ2) is 7.95. The molecule has 1 N–H and O–H groups in total. The van der Waals surface area contributed by atoms with Gasteiger partial charge in [-0.1, -0.05) is 35.9 Å². The summed E-state index contributed by atoms with van der Waals surface area (Å²) in [5.41, 5.74) is 5.30. The van der Waals surface area contributed by atoms with Crippen LogP contribution in [0.15, 0.2) is 42.5 Å². The molecular formula is C22H28N2O3S. The summed E-state index contributed by atoms with van der Waals surface area (Å²) in [5.74, 6) is -0.320.